The van der Waals surface area contributed by atoms with Crippen LogP contribution < -0.4 is 10.6 Å². The molecule has 2 heterocycles. The van der Waals surface area contributed by atoms with Gasteiger partial charge in [0.15, 0.2) is 0 Å². The van der Waals surface area contributed by atoms with Crippen molar-refractivity contribution in [2.24, 2.45) is 5.92 Å². The van der Waals surface area contributed by atoms with Gasteiger partial charge in [-0.15, -0.1) is 0 Å². The number of phenolic OH excluding ortho intramolecular Hbond substituents is 1. The third-order valence-corrected chi connectivity index (χ3v) is 3.81. The van der Waals surface area contributed by atoms with Crippen molar-refractivity contribution in [1.82, 2.24) is 15.3 Å². The number of hydrogen-bond acceptors (Lipinski definition) is 5. The molecule has 0 spiro atoms. The van der Waals surface area contributed by atoms with E-state index in [-0.39, 0.29) is 17.6 Å². The molecule has 2 aromatic rings. The molecule has 3 N–H and O–H groups in total. The first-order valence-corrected chi connectivity index (χ1v) is 7.36. The predicted octanol–water partition coefficient (Wildman–Crippen LogP) is 1.79. The zero-order valence-electron chi connectivity index (χ0n) is 12.1. The molecule has 114 valence electrons. The number of nitrogens with one attached hydrogen (secondary N) is 2. The van der Waals surface area contributed by atoms with Crippen molar-refractivity contribution in [3.63, 3.8) is 0 Å². The number of nitrogens with zero attached hydrogens (tertiary/aromatic N) is 2. The van der Waals surface area contributed by atoms with Gasteiger partial charge in [0.25, 0.3) is 0 Å². The van der Waals surface area contributed by atoms with Gasteiger partial charge in [0.2, 0.25) is 5.91 Å². The highest BCUT2D eigenvalue weighted by Crippen LogP contribution is 2.27. The highest BCUT2D eigenvalue weighted by atomic mass is 16.3. The molecule has 1 saturated heterocycles. The Labute approximate surface area is 128 Å². The maximum Gasteiger partial charge on any atom is 0.228 e. The van der Waals surface area contributed by atoms with Gasteiger partial charge >= 0.3 is 0 Å². The highest BCUT2D eigenvalue weighted by Gasteiger charge is 2.21. The van der Waals surface area contributed by atoms with Crippen molar-refractivity contribution in [3.05, 3.63) is 36.7 Å². The number of carbonyl (C=O) groups is 1. The third kappa shape index (κ3) is 3.23. The number of aromatic hydroxyl groups is 1. The Morgan fingerprint density at radius 2 is 2.00 bits per heavy atom. The fourth-order valence-electron chi connectivity index (χ4n) is 2.58. The van der Waals surface area contributed by atoms with Crippen LogP contribution in [-0.4, -0.2) is 34.1 Å². The summed E-state index contributed by atoms with van der Waals surface area (Å²) in [6, 6.07) is 8.62. The molecule has 1 amide bonds. The second kappa shape index (κ2) is 6.53. The standard InChI is InChI=1S/C16H18N4O2/c21-14-4-2-1-3-12(14)13-9-15(19-10-18-13)20-16(22)11-5-7-17-8-6-11/h1-4,9-11,17,21H,5-8H2,(H,18,19,20,22). The molecule has 0 bridgehead atoms. The van der Waals surface area contributed by atoms with Crippen molar-refractivity contribution in [2.45, 2.75) is 12.8 Å². The Kier molecular flexibility index (Phi) is 4.29. The number of para-hydroxylation sites is 1. The van der Waals surface area contributed by atoms with E-state index in [1.54, 1.807) is 24.3 Å². The van der Waals surface area contributed by atoms with E-state index < -0.39 is 0 Å². The highest BCUT2D eigenvalue weighted by molar-refractivity contribution is 5.92. The first-order chi connectivity index (χ1) is 10.7. The van der Waals surface area contributed by atoms with E-state index >= 15 is 0 Å². The molecule has 3 rings (SSSR count). The maximum absolute atomic E-state index is 12.2. The summed E-state index contributed by atoms with van der Waals surface area (Å²) in [5, 5.41) is 16.0. The molecule has 0 aliphatic carbocycles. The molecule has 6 heteroatoms. The average Bonchev–Trinajstić information content (AvgIpc) is 2.56. The molecule has 1 aromatic carbocycles. The normalized spacial score (nSPS) is 15.5. The number of benzene rings is 1. The molecule has 0 radical (unpaired) electrons. The lowest BCUT2D eigenvalue weighted by molar-refractivity contribution is -0.120. The third-order valence-electron chi connectivity index (χ3n) is 3.81. The number of phenols is 1. The molecular weight excluding hydrogens is 280 g/mol. The lowest BCUT2D eigenvalue weighted by Crippen LogP contribution is -2.34. The van der Waals surface area contributed by atoms with Crippen molar-refractivity contribution < 1.29 is 9.90 Å². The molecule has 1 aliphatic rings. The van der Waals surface area contributed by atoms with Gasteiger partial charge in [0.05, 0.1) is 5.69 Å². The summed E-state index contributed by atoms with van der Waals surface area (Å²) >= 11 is 0. The zero-order valence-corrected chi connectivity index (χ0v) is 12.1. The summed E-state index contributed by atoms with van der Waals surface area (Å²) in [7, 11) is 0. The first kappa shape index (κ1) is 14.5. The topological polar surface area (TPSA) is 87.1 Å². The lowest BCUT2D eigenvalue weighted by Gasteiger charge is -2.21. The molecule has 0 unspecified atom stereocenters. The van der Waals surface area contributed by atoms with E-state index in [2.05, 4.69) is 20.6 Å². The van der Waals surface area contributed by atoms with E-state index in [1.807, 2.05) is 6.07 Å². The number of anilines is 1. The minimum Gasteiger partial charge on any atom is -0.507 e. The Bertz CT molecular complexity index is 669. The number of aromatic nitrogens is 2. The van der Waals surface area contributed by atoms with Crippen LogP contribution in [0.25, 0.3) is 11.3 Å². The summed E-state index contributed by atoms with van der Waals surface area (Å²) in [4.78, 5) is 20.5. The van der Waals surface area contributed by atoms with Gasteiger partial charge in [-0.1, -0.05) is 12.1 Å². The molecule has 6 nitrogen and oxygen atoms in total. The van der Waals surface area contributed by atoms with Crippen LogP contribution in [0.3, 0.4) is 0 Å². The smallest absolute Gasteiger partial charge is 0.228 e. The summed E-state index contributed by atoms with van der Waals surface area (Å²) in [5.41, 5.74) is 1.19. The van der Waals surface area contributed by atoms with Gasteiger partial charge in [0.1, 0.15) is 17.9 Å². The van der Waals surface area contributed by atoms with Crippen molar-refractivity contribution in [1.29, 1.82) is 0 Å². The quantitative estimate of drug-likeness (QED) is 0.804. The van der Waals surface area contributed by atoms with E-state index in [1.165, 1.54) is 6.33 Å². The lowest BCUT2D eigenvalue weighted by atomic mass is 9.97. The van der Waals surface area contributed by atoms with Gasteiger partial charge in [-0.2, -0.15) is 0 Å². The molecule has 0 atom stereocenters. The van der Waals surface area contributed by atoms with Gasteiger partial charge in [-0.25, -0.2) is 9.97 Å². The fraction of sp³-hybridized carbons (Fsp3) is 0.312. The number of hydrogen-bond donors (Lipinski definition) is 3. The first-order valence-electron chi connectivity index (χ1n) is 7.36. The van der Waals surface area contributed by atoms with E-state index in [9.17, 15) is 9.90 Å². The van der Waals surface area contributed by atoms with Crippen LogP contribution in [0.1, 0.15) is 12.8 Å². The Balaban J connectivity index is 1.77. The van der Waals surface area contributed by atoms with E-state index in [0.717, 1.165) is 25.9 Å². The van der Waals surface area contributed by atoms with Crippen molar-refractivity contribution in [2.75, 3.05) is 18.4 Å². The summed E-state index contributed by atoms with van der Waals surface area (Å²) in [6.07, 6.45) is 3.06. The van der Waals surface area contributed by atoms with Gasteiger partial charge in [-0.3, -0.25) is 4.79 Å². The molecule has 1 fully saturated rings. The van der Waals surface area contributed by atoms with Crippen molar-refractivity contribution >= 4 is 11.7 Å². The minimum atomic E-state index is -0.0107. The largest absolute Gasteiger partial charge is 0.507 e. The second-order valence-corrected chi connectivity index (χ2v) is 5.32. The maximum atomic E-state index is 12.2. The van der Waals surface area contributed by atoms with Gasteiger partial charge < -0.3 is 15.7 Å². The summed E-state index contributed by atoms with van der Waals surface area (Å²) in [5.74, 6) is 0.613. The minimum absolute atomic E-state index is 0.0107. The summed E-state index contributed by atoms with van der Waals surface area (Å²) in [6.45, 7) is 1.73. The number of amides is 1. The molecule has 0 saturated carbocycles. The predicted molar refractivity (Wildman–Crippen MR) is 83.4 cm³/mol. The zero-order chi connectivity index (χ0) is 15.4. The Morgan fingerprint density at radius 3 is 2.77 bits per heavy atom. The van der Waals surface area contributed by atoms with Crippen LogP contribution >= 0.6 is 0 Å². The van der Waals surface area contributed by atoms with E-state index in [0.29, 0.717) is 17.1 Å². The molecular formula is C16H18N4O2. The molecule has 1 aliphatic heterocycles. The van der Waals surface area contributed by atoms with Gasteiger partial charge in [-0.05, 0) is 38.1 Å². The number of carbonyl (C=O) groups excluding carboxylic acids is 1. The van der Waals surface area contributed by atoms with Gasteiger partial charge in [0, 0.05) is 17.5 Å². The van der Waals surface area contributed by atoms with Crippen LogP contribution in [0.5, 0.6) is 5.75 Å². The average molecular weight is 298 g/mol. The molecule has 1 aromatic heterocycles. The summed E-state index contributed by atoms with van der Waals surface area (Å²) < 4.78 is 0. The number of rotatable bonds is 3. The SMILES string of the molecule is O=C(Nc1cc(-c2ccccc2O)ncn1)C1CCNCC1. The van der Waals surface area contributed by atoms with Crippen molar-refractivity contribution in [3.8, 4) is 17.0 Å². The van der Waals surface area contributed by atoms with Crippen LogP contribution in [0, 0.1) is 5.92 Å². The van der Waals surface area contributed by atoms with Crippen LogP contribution in [0.2, 0.25) is 0 Å². The van der Waals surface area contributed by atoms with Crippen LogP contribution in [-0.2, 0) is 4.79 Å². The second-order valence-electron chi connectivity index (χ2n) is 5.32. The van der Waals surface area contributed by atoms with Crippen LogP contribution in [0.15, 0.2) is 36.7 Å². The Hall–Kier alpha value is -2.47. The number of piperidine rings is 1. The fourth-order valence-corrected chi connectivity index (χ4v) is 2.58. The van der Waals surface area contributed by atoms with Crippen LogP contribution in [0.4, 0.5) is 5.82 Å². The monoisotopic (exact) mass is 298 g/mol. The van der Waals surface area contributed by atoms with E-state index in [4.69, 9.17) is 0 Å². The molecule has 22 heavy (non-hydrogen) atoms. The Morgan fingerprint density at radius 1 is 1.23 bits per heavy atom.